The van der Waals surface area contributed by atoms with Gasteiger partial charge in [0.15, 0.2) is 0 Å². The minimum atomic E-state index is -0.423. The summed E-state index contributed by atoms with van der Waals surface area (Å²) in [5.74, 6) is 0.0757. The molecule has 1 aromatic rings. The summed E-state index contributed by atoms with van der Waals surface area (Å²) in [5, 5.41) is 0.181. The first-order chi connectivity index (χ1) is 8.99. The van der Waals surface area contributed by atoms with E-state index in [0.717, 1.165) is 25.9 Å². The quantitative estimate of drug-likeness (QED) is 0.736. The van der Waals surface area contributed by atoms with E-state index in [1.54, 1.807) is 4.90 Å². The van der Waals surface area contributed by atoms with E-state index < -0.39 is 5.82 Å². The molecule has 1 heterocycles. The zero-order valence-electron chi connectivity index (χ0n) is 10.7. The molecule has 1 amide bonds. The Bertz CT molecular complexity index is 473. The second-order valence-electron chi connectivity index (χ2n) is 4.93. The number of benzene rings is 1. The van der Waals surface area contributed by atoms with Crippen LogP contribution in [0.1, 0.15) is 30.1 Å². The van der Waals surface area contributed by atoms with Crippen LogP contribution in [-0.2, 0) is 0 Å². The molecule has 0 radical (unpaired) electrons. The summed E-state index contributed by atoms with van der Waals surface area (Å²) in [5.41, 5.74) is 0.383. The number of nitrogens with zero attached hydrogens (tertiary/aromatic N) is 1. The van der Waals surface area contributed by atoms with Crippen molar-refractivity contribution in [2.75, 3.05) is 13.1 Å². The SMILES string of the molecule is CC(Br)C1CCN(C(=O)c2ccc(F)cc2Cl)CC1. The Kier molecular flexibility index (Phi) is 4.85. The molecule has 2 nitrogen and oxygen atoms in total. The molecule has 104 valence electrons. The van der Waals surface area contributed by atoms with Crippen LogP contribution >= 0.6 is 27.5 Å². The van der Waals surface area contributed by atoms with E-state index in [1.807, 2.05) is 0 Å². The number of rotatable bonds is 2. The molecule has 1 unspecified atom stereocenters. The van der Waals surface area contributed by atoms with Crippen molar-refractivity contribution in [2.24, 2.45) is 5.92 Å². The van der Waals surface area contributed by atoms with Crippen molar-refractivity contribution < 1.29 is 9.18 Å². The van der Waals surface area contributed by atoms with E-state index in [0.29, 0.717) is 16.3 Å². The first-order valence-corrected chi connectivity index (χ1v) is 7.67. The van der Waals surface area contributed by atoms with Gasteiger partial charge < -0.3 is 4.90 Å². The highest BCUT2D eigenvalue weighted by Crippen LogP contribution is 2.27. The van der Waals surface area contributed by atoms with Crippen LogP contribution in [0.2, 0.25) is 5.02 Å². The van der Waals surface area contributed by atoms with Crippen molar-refractivity contribution in [3.05, 3.63) is 34.6 Å². The molecule has 1 atom stereocenters. The van der Waals surface area contributed by atoms with Crippen LogP contribution in [0.3, 0.4) is 0 Å². The normalized spacial score (nSPS) is 18.4. The molecular formula is C14H16BrClFNO. The van der Waals surface area contributed by atoms with E-state index >= 15 is 0 Å². The number of carbonyl (C=O) groups excluding carboxylic acids is 1. The first kappa shape index (κ1) is 14.8. The smallest absolute Gasteiger partial charge is 0.255 e. The number of piperidine rings is 1. The van der Waals surface area contributed by atoms with Crippen molar-refractivity contribution in [1.29, 1.82) is 0 Å². The fraction of sp³-hybridized carbons (Fsp3) is 0.500. The first-order valence-electron chi connectivity index (χ1n) is 6.37. The summed E-state index contributed by atoms with van der Waals surface area (Å²) in [7, 11) is 0. The number of halogens is 3. The van der Waals surface area contributed by atoms with Crippen LogP contribution in [0.25, 0.3) is 0 Å². The zero-order valence-corrected chi connectivity index (χ0v) is 13.0. The lowest BCUT2D eigenvalue weighted by atomic mass is 9.94. The maximum absolute atomic E-state index is 13.0. The Balaban J connectivity index is 2.05. The Hall–Kier alpha value is -0.610. The molecule has 0 spiro atoms. The topological polar surface area (TPSA) is 20.3 Å². The fourth-order valence-corrected chi connectivity index (χ4v) is 3.17. The van der Waals surface area contributed by atoms with Gasteiger partial charge in [-0.1, -0.05) is 34.5 Å². The highest BCUT2D eigenvalue weighted by atomic mass is 79.9. The summed E-state index contributed by atoms with van der Waals surface area (Å²) < 4.78 is 13.0. The fourth-order valence-electron chi connectivity index (χ4n) is 2.40. The molecule has 1 aliphatic rings. The van der Waals surface area contributed by atoms with Gasteiger partial charge in [-0.2, -0.15) is 0 Å². The van der Waals surface area contributed by atoms with Crippen molar-refractivity contribution >= 4 is 33.4 Å². The van der Waals surface area contributed by atoms with Gasteiger partial charge in [-0.25, -0.2) is 4.39 Å². The third kappa shape index (κ3) is 3.48. The summed E-state index contributed by atoms with van der Waals surface area (Å²) in [6.07, 6.45) is 1.97. The minimum Gasteiger partial charge on any atom is -0.339 e. The predicted molar refractivity (Wildman–Crippen MR) is 78.4 cm³/mol. The molecule has 1 saturated heterocycles. The van der Waals surface area contributed by atoms with E-state index in [9.17, 15) is 9.18 Å². The molecule has 1 aromatic carbocycles. The van der Waals surface area contributed by atoms with Crippen molar-refractivity contribution in [1.82, 2.24) is 4.90 Å². The molecule has 0 N–H and O–H groups in total. The zero-order chi connectivity index (χ0) is 14.0. The highest BCUT2D eigenvalue weighted by molar-refractivity contribution is 9.09. The molecule has 0 aliphatic carbocycles. The number of hydrogen-bond acceptors (Lipinski definition) is 1. The van der Waals surface area contributed by atoms with Crippen LogP contribution in [0.5, 0.6) is 0 Å². The van der Waals surface area contributed by atoms with Gasteiger partial charge in [0.05, 0.1) is 10.6 Å². The maximum atomic E-state index is 13.0. The van der Waals surface area contributed by atoms with Gasteiger partial charge in [-0.3, -0.25) is 4.79 Å². The summed E-state index contributed by atoms with van der Waals surface area (Å²) in [4.78, 5) is 14.6. The lowest BCUT2D eigenvalue weighted by Gasteiger charge is -2.33. The second kappa shape index (κ2) is 6.23. The van der Waals surface area contributed by atoms with Gasteiger partial charge >= 0.3 is 0 Å². The van der Waals surface area contributed by atoms with Gasteiger partial charge in [0.25, 0.3) is 5.91 Å². The van der Waals surface area contributed by atoms with Crippen molar-refractivity contribution in [2.45, 2.75) is 24.6 Å². The second-order valence-corrected chi connectivity index (χ2v) is 6.78. The van der Waals surface area contributed by atoms with E-state index in [2.05, 4.69) is 22.9 Å². The van der Waals surface area contributed by atoms with Crippen LogP contribution in [0.15, 0.2) is 18.2 Å². The lowest BCUT2D eigenvalue weighted by molar-refractivity contribution is 0.0691. The van der Waals surface area contributed by atoms with Gasteiger partial charge in [0.1, 0.15) is 5.82 Å². The highest BCUT2D eigenvalue weighted by Gasteiger charge is 2.26. The van der Waals surface area contributed by atoms with E-state index in [-0.39, 0.29) is 10.9 Å². The number of amides is 1. The van der Waals surface area contributed by atoms with Gasteiger partial charge in [0.2, 0.25) is 0 Å². The lowest BCUT2D eigenvalue weighted by Crippen LogP contribution is -2.40. The average molecular weight is 349 g/mol. The van der Waals surface area contributed by atoms with Crippen LogP contribution < -0.4 is 0 Å². The molecule has 0 aromatic heterocycles. The summed E-state index contributed by atoms with van der Waals surface area (Å²) >= 11 is 9.52. The molecule has 1 fully saturated rings. The molecule has 0 saturated carbocycles. The van der Waals surface area contributed by atoms with Crippen molar-refractivity contribution in [3.63, 3.8) is 0 Å². The number of hydrogen-bond donors (Lipinski definition) is 0. The Morgan fingerprint density at radius 2 is 2.11 bits per heavy atom. The van der Waals surface area contributed by atoms with Gasteiger partial charge in [0, 0.05) is 17.9 Å². The number of alkyl halides is 1. The number of carbonyl (C=O) groups is 1. The summed E-state index contributed by atoms with van der Waals surface area (Å²) in [6.45, 7) is 3.60. The molecule has 0 bridgehead atoms. The van der Waals surface area contributed by atoms with E-state index in [1.165, 1.54) is 18.2 Å². The monoisotopic (exact) mass is 347 g/mol. The third-order valence-electron chi connectivity index (χ3n) is 3.64. The Labute approximate surface area is 126 Å². The van der Waals surface area contributed by atoms with Gasteiger partial charge in [-0.05, 0) is 37.0 Å². The Morgan fingerprint density at radius 1 is 1.47 bits per heavy atom. The van der Waals surface area contributed by atoms with Crippen LogP contribution in [0, 0.1) is 11.7 Å². The third-order valence-corrected chi connectivity index (χ3v) is 4.70. The molecular weight excluding hydrogens is 333 g/mol. The Morgan fingerprint density at radius 3 is 2.63 bits per heavy atom. The van der Waals surface area contributed by atoms with Gasteiger partial charge in [-0.15, -0.1) is 0 Å². The van der Waals surface area contributed by atoms with Crippen molar-refractivity contribution in [3.8, 4) is 0 Å². The van der Waals surface area contributed by atoms with Crippen LogP contribution in [-0.4, -0.2) is 28.7 Å². The van der Waals surface area contributed by atoms with E-state index in [4.69, 9.17) is 11.6 Å². The average Bonchev–Trinajstić information content (AvgIpc) is 2.38. The molecule has 2 rings (SSSR count). The van der Waals surface area contributed by atoms with Crippen LogP contribution in [0.4, 0.5) is 4.39 Å². The standard InChI is InChI=1S/C14H16BrClFNO/c1-9(15)10-4-6-18(7-5-10)14(19)12-3-2-11(17)8-13(12)16/h2-3,8-10H,4-7H2,1H3. The predicted octanol–water partition coefficient (Wildman–Crippen LogP) is 4.11. The number of likely N-dealkylation sites (tertiary alicyclic amines) is 1. The summed E-state index contributed by atoms with van der Waals surface area (Å²) in [6, 6.07) is 3.91. The maximum Gasteiger partial charge on any atom is 0.255 e. The molecule has 1 aliphatic heterocycles. The largest absolute Gasteiger partial charge is 0.339 e. The minimum absolute atomic E-state index is 0.106. The molecule has 5 heteroatoms. The molecule has 19 heavy (non-hydrogen) atoms.